The van der Waals surface area contributed by atoms with Crippen molar-refractivity contribution in [2.75, 3.05) is 25.1 Å². The second-order valence-corrected chi connectivity index (χ2v) is 6.42. The van der Waals surface area contributed by atoms with E-state index < -0.39 is 0 Å². The van der Waals surface area contributed by atoms with Crippen molar-refractivity contribution in [3.8, 4) is 0 Å². The molecule has 2 heterocycles. The predicted molar refractivity (Wildman–Crippen MR) is 75.9 cm³/mol. The molecule has 0 aliphatic carbocycles. The third-order valence-electron chi connectivity index (χ3n) is 3.37. The van der Waals surface area contributed by atoms with Crippen molar-refractivity contribution in [2.45, 2.75) is 33.4 Å². The lowest BCUT2D eigenvalue weighted by Crippen LogP contribution is -2.38. The molecule has 0 saturated carbocycles. The zero-order valence-electron chi connectivity index (χ0n) is 11.5. The molecule has 0 aromatic carbocycles. The van der Waals surface area contributed by atoms with Crippen LogP contribution in [-0.4, -0.2) is 25.2 Å². The summed E-state index contributed by atoms with van der Waals surface area (Å²) < 4.78 is 5.18. The molecule has 2 rings (SSSR count). The van der Waals surface area contributed by atoms with Crippen molar-refractivity contribution in [1.29, 1.82) is 0 Å². The van der Waals surface area contributed by atoms with Crippen LogP contribution in [0.3, 0.4) is 0 Å². The summed E-state index contributed by atoms with van der Waals surface area (Å²) in [5.74, 6) is 1.48. The molecule has 2 unspecified atom stereocenters. The molecule has 0 amide bonds. The minimum absolute atomic E-state index is 0.551. The molecule has 2 N–H and O–H groups in total. The fourth-order valence-electron chi connectivity index (χ4n) is 2.73. The Morgan fingerprint density at radius 2 is 2.06 bits per heavy atom. The van der Waals surface area contributed by atoms with Gasteiger partial charge in [0, 0.05) is 31.6 Å². The molecule has 4 nitrogen and oxygen atoms in total. The van der Waals surface area contributed by atoms with Gasteiger partial charge in [0.2, 0.25) is 0 Å². The van der Waals surface area contributed by atoms with Gasteiger partial charge in [0.25, 0.3) is 0 Å². The van der Waals surface area contributed by atoms with Gasteiger partial charge in [-0.3, -0.25) is 0 Å². The van der Waals surface area contributed by atoms with E-state index in [4.69, 9.17) is 15.5 Å². The maximum atomic E-state index is 5.77. The first-order valence-electron chi connectivity index (χ1n) is 6.56. The Balaban J connectivity index is 2.17. The molecule has 2 atom stereocenters. The molecule has 18 heavy (non-hydrogen) atoms. The zero-order chi connectivity index (χ0) is 13.1. The van der Waals surface area contributed by atoms with Gasteiger partial charge in [0.15, 0.2) is 5.13 Å². The van der Waals surface area contributed by atoms with Crippen LogP contribution in [0.5, 0.6) is 0 Å². The lowest BCUT2D eigenvalue weighted by Gasteiger charge is -2.34. The summed E-state index contributed by atoms with van der Waals surface area (Å²) in [6.45, 7) is 7.95. The topological polar surface area (TPSA) is 51.4 Å². The highest BCUT2D eigenvalue weighted by Gasteiger charge is 2.24. The van der Waals surface area contributed by atoms with Crippen LogP contribution in [0.1, 0.15) is 30.8 Å². The summed E-state index contributed by atoms with van der Waals surface area (Å²) >= 11 is 1.72. The first-order chi connectivity index (χ1) is 8.63. The molecule has 0 spiro atoms. The number of thiazole rings is 1. The predicted octanol–water partition coefficient (Wildman–Crippen LogP) is 2.23. The molecule has 0 radical (unpaired) electrons. The quantitative estimate of drug-likeness (QED) is 0.910. The molecular weight excluding hydrogens is 246 g/mol. The van der Waals surface area contributed by atoms with Gasteiger partial charge in [-0.15, -0.1) is 11.3 Å². The SMILES string of the molecule is COCc1nc(N2CC(C)CC(C)C2)sc1CN. The van der Waals surface area contributed by atoms with Crippen LogP contribution in [0, 0.1) is 11.8 Å². The number of methoxy groups -OCH3 is 1. The lowest BCUT2D eigenvalue weighted by molar-refractivity contribution is 0.181. The summed E-state index contributed by atoms with van der Waals surface area (Å²) in [5.41, 5.74) is 6.78. The van der Waals surface area contributed by atoms with Crippen LogP contribution in [0.4, 0.5) is 5.13 Å². The van der Waals surface area contributed by atoms with Crippen molar-refractivity contribution < 1.29 is 4.74 Å². The van der Waals surface area contributed by atoms with E-state index in [0.717, 1.165) is 40.6 Å². The Morgan fingerprint density at radius 3 is 2.61 bits per heavy atom. The highest BCUT2D eigenvalue weighted by molar-refractivity contribution is 7.15. The number of rotatable bonds is 4. The van der Waals surface area contributed by atoms with Crippen molar-refractivity contribution in [1.82, 2.24) is 4.98 Å². The monoisotopic (exact) mass is 269 g/mol. The van der Waals surface area contributed by atoms with Gasteiger partial charge in [0.1, 0.15) is 0 Å². The Bertz CT molecular complexity index is 384. The number of aromatic nitrogens is 1. The van der Waals surface area contributed by atoms with E-state index in [1.807, 2.05) is 0 Å². The first kappa shape index (κ1) is 13.8. The van der Waals surface area contributed by atoms with Gasteiger partial charge in [-0.2, -0.15) is 0 Å². The lowest BCUT2D eigenvalue weighted by atomic mass is 9.92. The normalized spacial score (nSPS) is 24.6. The smallest absolute Gasteiger partial charge is 0.185 e. The first-order valence-corrected chi connectivity index (χ1v) is 7.38. The number of nitrogens with zero attached hydrogens (tertiary/aromatic N) is 2. The van der Waals surface area contributed by atoms with E-state index in [0.29, 0.717) is 13.2 Å². The summed E-state index contributed by atoms with van der Waals surface area (Å²) in [4.78, 5) is 8.26. The Kier molecular flexibility index (Phi) is 4.59. The summed E-state index contributed by atoms with van der Waals surface area (Å²) in [7, 11) is 1.70. The van der Waals surface area contributed by atoms with Gasteiger partial charge in [-0.25, -0.2) is 4.98 Å². The fraction of sp³-hybridized carbons (Fsp3) is 0.769. The Hall–Kier alpha value is -0.650. The third-order valence-corrected chi connectivity index (χ3v) is 4.55. The second kappa shape index (κ2) is 5.99. The largest absolute Gasteiger partial charge is 0.378 e. The number of nitrogens with two attached hydrogens (primary N) is 1. The molecule has 0 bridgehead atoms. The van der Waals surface area contributed by atoms with E-state index in [9.17, 15) is 0 Å². The highest BCUT2D eigenvalue weighted by atomic mass is 32.1. The van der Waals surface area contributed by atoms with E-state index in [-0.39, 0.29) is 0 Å². The minimum Gasteiger partial charge on any atom is -0.378 e. The average Bonchev–Trinajstić information content (AvgIpc) is 2.71. The molecule has 1 aromatic heterocycles. The van der Waals surface area contributed by atoms with Crippen molar-refractivity contribution in [3.05, 3.63) is 10.6 Å². The van der Waals surface area contributed by atoms with E-state index in [1.165, 1.54) is 6.42 Å². The average molecular weight is 269 g/mol. The van der Waals surface area contributed by atoms with Gasteiger partial charge in [0.05, 0.1) is 12.3 Å². The van der Waals surface area contributed by atoms with E-state index in [2.05, 4.69) is 18.7 Å². The molecule has 1 aliphatic heterocycles. The molecule has 1 aromatic rings. The van der Waals surface area contributed by atoms with E-state index >= 15 is 0 Å². The third kappa shape index (κ3) is 3.02. The molecule has 1 saturated heterocycles. The number of anilines is 1. The second-order valence-electron chi connectivity index (χ2n) is 5.35. The van der Waals surface area contributed by atoms with Crippen LogP contribution >= 0.6 is 11.3 Å². The van der Waals surface area contributed by atoms with Crippen molar-refractivity contribution >= 4 is 16.5 Å². The van der Waals surface area contributed by atoms with Crippen LogP contribution in [0.2, 0.25) is 0 Å². The summed E-state index contributed by atoms with van der Waals surface area (Å²) in [6.07, 6.45) is 1.32. The van der Waals surface area contributed by atoms with Crippen molar-refractivity contribution in [3.63, 3.8) is 0 Å². The fourth-order valence-corrected chi connectivity index (χ4v) is 3.69. The number of ether oxygens (including phenoxy) is 1. The summed E-state index contributed by atoms with van der Waals surface area (Å²) in [5, 5.41) is 1.11. The Labute approximate surface area is 113 Å². The maximum Gasteiger partial charge on any atom is 0.185 e. The number of piperidine rings is 1. The van der Waals surface area contributed by atoms with Gasteiger partial charge >= 0.3 is 0 Å². The highest BCUT2D eigenvalue weighted by Crippen LogP contribution is 2.31. The van der Waals surface area contributed by atoms with Gasteiger partial charge < -0.3 is 15.4 Å². The van der Waals surface area contributed by atoms with Crippen LogP contribution in [0.25, 0.3) is 0 Å². The van der Waals surface area contributed by atoms with Gasteiger partial charge in [-0.1, -0.05) is 13.8 Å². The molecule has 102 valence electrons. The zero-order valence-corrected chi connectivity index (χ0v) is 12.3. The number of hydrogen-bond acceptors (Lipinski definition) is 5. The standard InChI is InChI=1S/C13H23N3OS/c1-9-4-10(2)7-16(6-9)13-15-11(8-17-3)12(5-14)18-13/h9-10H,4-8,14H2,1-3H3. The molecule has 1 fully saturated rings. The molecule has 5 heteroatoms. The van der Waals surface area contributed by atoms with Crippen molar-refractivity contribution in [2.24, 2.45) is 17.6 Å². The summed E-state index contributed by atoms with van der Waals surface area (Å²) in [6, 6.07) is 0. The molecule has 1 aliphatic rings. The maximum absolute atomic E-state index is 5.77. The van der Waals surface area contributed by atoms with Gasteiger partial charge in [-0.05, 0) is 18.3 Å². The van der Waals surface area contributed by atoms with Crippen LogP contribution in [0.15, 0.2) is 0 Å². The number of hydrogen-bond donors (Lipinski definition) is 1. The minimum atomic E-state index is 0.551. The van der Waals surface area contributed by atoms with Crippen LogP contribution in [-0.2, 0) is 17.9 Å². The van der Waals surface area contributed by atoms with Crippen LogP contribution < -0.4 is 10.6 Å². The molecular formula is C13H23N3OS. The Morgan fingerprint density at radius 1 is 1.39 bits per heavy atom. The van der Waals surface area contributed by atoms with E-state index in [1.54, 1.807) is 18.4 Å².